The molecule has 0 atom stereocenters. The van der Waals surface area contributed by atoms with Crippen molar-refractivity contribution in [3.8, 4) is 0 Å². The first-order valence-electron chi connectivity index (χ1n) is 7.69. The number of halogens is 1. The van der Waals surface area contributed by atoms with E-state index in [0.717, 1.165) is 5.56 Å². The second-order valence-electron chi connectivity index (χ2n) is 5.68. The van der Waals surface area contributed by atoms with Crippen LogP contribution < -0.4 is 5.32 Å². The molecule has 4 nitrogen and oxygen atoms in total. The fraction of sp³-hybridized carbons (Fsp3) is 0.158. The van der Waals surface area contributed by atoms with Crippen molar-refractivity contribution in [3.05, 3.63) is 77.2 Å². The van der Waals surface area contributed by atoms with Crippen LogP contribution in [0.25, 0.3) is 0 Å². The summed E-state index contributed by atoms with van der Waals surface area (Å²) in [5, 5.41) is 2.83. The van der Waals surface area contributed by atoms with Crippen LogP contribution in [0.5, 0.6) is 0 Å². The second kappa shape index (κ2) is 6.66. The Morgan fingerprint density at radius 3 is 2.54 bits per heavy atom. The summed E-state index contributed by atoms with van der Waals surface area (Å²) in [5.41, 5.74) is 2.18. The van der Waals surface area contributed by atoms with Crippen LogP contribution in [0, 0.1) is 12.7 Å². The summed E-state index contributed by atoms with van der Waals surface area (Å²) in [6.45, 7) is 1.97. The van der Waals surface area contributed by atoms with Gasteiger partial charge in [0, 0.05) is 18.3 Å². The number of nitrogens with one attached hydrogen (secondary N) is 1. The molecule has 3 rings (SSSR count). The molecular formula is C19H17FN2O2. The fourth-order valence-electron chi connectivity index (χ4n) is 2.52. The van der Waals surface area contributed by atoms with Gasteiger partial charge in [0.25, 0.3) is 11.8 Å². The standard InChI is InChI=1S/C19H17FN2O2/c1-13-7-8-15(11-16(13)20)21-17-12-18(23)22(19(17)24)10-9-14-5-3-2-4-6-14/h2-8,11-12,21H,9-10H2,1H3. The second-order valence-corrected chi connectivity index (χ2v) is 5.68. The van der Waals surface area contributed by atoms with Gasteiger partial charge < -0.3 is 5.32 Å². The summed E-state index contributed by atoms with van der Waals surface area (Å²) in [6, 6.07) is 14.2. The van der Waals surface area contributed by atoms with Crippen molar-refractivity contribution in [1.29, 1.82) is 0 Å². The van der Waals surface area contributed by atoms with Crippen LogP contribution in [-0.2, 0) is 16.0 Å². The third-order valence-electron chi connectivity index (χ3n) is 3.93. The Balaban J connectivity index is 1.66. The molecule has 1 aliphatic heterocycles. The van der Waals surface area contributed by atoms with Crippen LogP contribution in [0.15, 0.2) is 60.3 Å². The Hall–Kier alpha value is -2.95. The van der Waals surface area contributed by atoms with E-state index in [1.807, 2.05) is 30.3 Å². The average molecular weight is 324 g/mol. The van der Waals surface area contributed by atoms with Crippen LogP contribution in [-0.4, -0.2) is 23.3 Å². The lowest BCUT2D eigenvalue weighted by Gasteiger charge is -2.15. The third kappa shape index (κ3) is 3.35. The third-order valence-corrected chi connectivity index (χ3v) is 3.93. The number of carbonyl (C=O) groups excluding carboxylic acids is 2. The molecule has 1 N–H and O–H groups in total. The minimum atomic E-state index is -0.392. The summed E-state index contributed by atoms with van der Waals surface area (Å²) in [6.07, 6.45) is 1.85. The van der Waals surface area contributed by atoms with Crippen molar-refractivity contribution >= 4 is 17.5 Å². The fourth-order valence-corrected chi connectivity index (χ4v) is 2.52. The first-order valence-corrected chi connectivity index (χ1v) is 7.69. The lowest BCUT2D eigenvalue weighted by Crippen LogP contribution is -2.33. The molecule has 0 aliphatic carbocycles. The molecule has 1 aliphatic rings. The summed E-state index contributed by atoms with van der Waals surface area (Å²) in [5.74, 6) is -1.11. The molecular weight excluding hydrogens is 307 g/mol. The Labute approximate surface area is 139 Å². The van der Waals surface area contributed by atoms with Crippen LogP contribution in [0.2, 0.25) is 0 Å². The van der Waals surface area contributed by atoms with Crippen molar-refractivity contribution < 1.29 is 14.0 Å². The summed E-state index contributed by atoms with van der Waals surface area (Å²) in [7, 11) is 0. The molecule has 122 valence electrons. The molecule has 0 fully saturated rings. The van der Waals surface area contributed by atoms with Gasteiger partial charge in [-0.1, -0.05) is 36.4 Å². The Bertz CT molecular complexity index is 815. The van der Waals surface area contributed by atoms with Crippen LogP contribution in [0.3, 0.4) is 0 Å². The minimum Gasteiger partial charge on any atom is -0.351 e. The number of amides is 2. The van der Waals surface area contributed by atoms with Gasteiger partial charge in [-0.3, -0.25) is 14.5 Å². The number of nitrogens with zero attached hydrogens (tertiary/aromatic N) is 1. The van der Waals surface area contributed by atoms with Gasteiger partial charge in [0.2, 0.25) is 0 Å². The Kier molecular flexibility index (Phi) is 4.42. The van der Waals surface area contributed by atoms with Gasteiger partial charge in [-0.2, -0.15) is 0 Å². The highest BCUT2D eigenvalue weighted by atomic mass is 19.1. The zero-order valence-electron chi connectivity index (χ0n) is 13.3. The van der Waals surface area contributed by atoms with Crippen LogP contribution in [0.4, 0.5) is 10.1 Å². The van der Waals surface area contributed by atoms with Gasteiger partial charge in [0.15, 0.2) is 0 Å². The highest BCUT2D eigenvalue weighted by Crippen LogP contribution is 2.19. The van der Waals surface area contributed by atoms with Crippen LogP contribution >= 0.6 is 0 Å². The normalized spacial score (nSPS) is 14.1. The van der Waals surface area contributed by atoms with E-state index in [1.165, 1.54) is 17.0 Å². The van der Waals surface area contributed by atoms with Gasteiger partial charge in [-0.05, 0) is 36.6 Å². The molecule has 5 heteroatoms. The molecule has 2 amide bonds. The molecule has 1 heterocycles. The molecule has 2 aromatic carbocycles. The molecule has 24 heavy (non-hydrogen) atoms. The van der Waals surface area contributed by atoms with E-state index in [4.69, 9.17) is 0 Å². The maximum Gasteiger partial charge on any atom is 0.277 e. The topological polar surface area (TPSA) is 49.4 Å². The Morgan fingerprint density at radius 1 is 1.08 bits per heavy atom. The molecule has 0 spiro atoms. The molecule has 0 saturated carbocycles. The quantitative estimate of drug-likeness (QED) is 0.860. The first kappa shape index (κ1) is 15.9. The van der Waals surface area contributed by atoms with E-state index in [0.29, 0.717) is 24.2 Å². The molecule has 2 aromatic rings. The molecule has 0 unspecified atom stereocenters. The van der Waals surface area contributed by atoms with Gasteiger partial charge in [-0.15, -0.1) is 0 Å². The van der Waals surface area contributed by atoms with Gasteiger partial charge in [0.05, 0.1) is 0 Å². The van der Waals surface area contributed by atoms with E-state index < -0.39 is 5.91 Å². The van der Waals surface area contributed by atoms with Crippen molar-refractivity contribution in [2.24, 2.45) is 0 Å². The molecule has 0 saturated heterocycles. The summed E-state index contributed by atoms with van der Waals surface area (Å²) < 4.78 is 13.6. The monoisotopic (exact) mass is 324 g/mol. The predicted molar refractivity (Wildman–Crippen MR) is 89.7 cm³/mol. The Morgan fingerprint density at radius 2 is 1.83 bits per heavy atom. The van der Waals surface area contributed by atoms with Crippen molar-refractivity contribution in [2.75, 3.05) is 11.9 Å². The van der Waals surface area contributed by atoms with E-state index >= 15 is 0 Å². The van der Waals surface area contributed by atoms with Gasteiger partial charge >= 0.3 is 0 Å². The van der Waals surface area contributed by atoms with Gasteiger partial charge in [0.1, 0.15) is 11.5 Å². The number of hydrogen-bond donors (Lipinski definition) is 1. The SMILES string of the molecule is Cc1ccc(NC2=CC(=O)N(CCc3ccccc3)C2=O)cc1F. The van der Waals surface area contributed by atoms with Crippen LogP contribution in [0.1, 0.15) is 11.1 Å². The number of aryl methyl sites for hydroxylation is 1. The number of hydrogen-bond acceptors (Lipinski definition) is 3. The maximum atomic E-state index is 13.6. The highest BCUT2D eigenvalue weighted by molar-refractivity contribution is 6.17. The lowest BCUT2D eigenvalue weighted by atomic mass is 10.1. The molecule has 0 bridgehead atoms. The zero-order valence-corrected chi connectivity index (χ0v) is 13.3. The molecule has 0 radical (unpaired) electrons. The van der Waals surface area contributed by atoms with E-state index in [2.05, 4.69) is 5.32 Å². The number of benzene rings is 2. The van der Waals surface area contributed by atoms with E-state index in [1.54, 1.807) is 19.1 Å². The summed E-state index contributed by atoms with van der Waals surface area (Å²) in [4.78, 5) is 25.6. The predicted octanol–water partition coefficient (Wildman–Crippen LogP) is 3.04. The van der Waals surface area contributed by atoms with Crippen molar-refractivity contribution in [2.45, 2.75) is 13.3 Å². The van der Waals surface area contributed by atoms with Gasteiger partial charge in [-0.25, -0.2) is 4.39 Å². The number of rotatable bonds is 5. The maximum absolute atomic E-state index is 13.6. The zero-order chi connectivity index (χ0) is 17.1. The highest BCUT2D eigenvalue weighted by Gasteiger charge is 2.30. The van der Waals surface area contributed by atoms with Crippen molar-refractivity contribution in [1.82, 2.24) is 4.90 Å². The largest absolute Gasteiger partial charge is 0.351 e. The average Bonchev–Trinajstić information content (AvgIpc) is 2.84. The van der Waals surface area contributed by atoms with E-state index in [-0.39, 0.29) is 17.4 Å². The van der Waals surface area contributed by atoms with Crippen molar-refractivity contribution in [3.63, 3.8) is 0 Å². The summed E-state index contributed by atoms with van der Waals surface area (Å²) >= 11 is 0. The minimum absolute atomic E-state index is 0.163. The number of imide groups is 1. The smallest absolute Gasteiger partial charge is 0.277 e. The molecule has 0 aromatic heterocycles. The number of anilines is 1. The van der Waals surface area contributed by atoms with E-state index in [9.17, 15) is 14.0 Å². The first-order chi connectivity index (χ1) is 11.5. The lowest BCUT2D eigenvalue weighted by molar-refractivity contribution is -0.137. The number of carbonyl (C=O) groups is 2.